The van der Waals surface area contributed by atoms with E-state index in [1.54, 1.807) is 0 Å². The average molecular weight is 242 g/mol. The fourth-order valence-corrected chi connectivity index (χ4v) is 2.07. The predicted molar refractivity (Wildman–Crippen MR) is 53.0 cm³/mol. The predicted octanol–water partition coefficient (Wildman–Crippen LogP) is 2.04. The van der Waals surface area contributed by atoms with Crippen LogP contribution in [0, 0.1) is 0 Å². The molecule has 0 fully saturated rings. The maximum atomic E-state index is 10.8. The normalized spacial score (nSPS) is 19.3. The lowest BCUT2D eigenvalue weighted by Gasteiger charge is -2.03. The zero-order valence-corrected chi connectivity index (χ0v) is 8.34. The number of carboxylic acid groups (broad SMARTS) is 1. The average Bonchev–Trinajstić information content (AvgIpc) is 2.48. The molecule has 4 heteroatoms. The summed E-state index contributed by atoms with van der Waals surface area (Å²) < 4.78 is 0.925. The monoisotopic (exact) mass is 241 g/mol. The summed E-state index contributed by atoms with van der Waals surface area (Å²) in [5.41, 5.74) is 1.77. The lowest BCUT2D eigenvalue weighted by molar-refractivity contribution is -0.138. The van der Waals surface area contributed by atoms with Crippen LogP contribution in [-0.2, 0) is 4.79 Å². The van der Waals surface area contributed by atoms with E-state index in [0.29, 0.717) is 6.54 Å². The van der Waals surface area contributed by atoms with Gasteiger partial charge in [0.05, 0.1) is 5.69 Å². The smallest absolute Gasteiger partial charge is 0.312 e. The van der Waals surface area contributed by atoms with Crippen LogP contribution in [-0.4, -0.2) is 17.6 Å². The molecule has 2 rings (SSSR count). The summed E-state index contributed by atoms with van der Waals surface area (Å²) in [4.78, 5) is 10.8. The van der Waals surface area contributed by atoms with Crippen molar-refractivity contribution >= 4 is 27.6 Å². The van der Waals surface area contributed by atoms with Gasteiger partial charge in [-0.15, -0.1) is 0 Å². The molecular weight excluding hydrogens is 234 g/mol. The molecule has 0 saturated carbocycles. The van der Waals surface area contributed by atoms with Crippen molar-refractivity contribution < 1.29 is 9.90 Å². The van der Waals surface area contributed by atoms with E-state index in [-0.39, 0.29) is 0 Å². The minimum Gasteiger partial charge on any atom is -0.481 e. The molecule has 1 aromatic rings. The second-order valence-corrected chi connectivity index (χ2v) is 3.83. The number of benzene rings is 1. The molecule has 2 N–H and O–H groups in total. The van der Waals surface area contributed by atoms with Gasteiger partial charge in [-0.25, -0.2) is 0 Å². The second kappa shape index (κ2) is 3.03. The number of halogens is 1. The Labute approximate surface area is 83.9 Å². The van der Waals surface area contributed by atoms with E-state index in [4.69, 9.17) is 5.11 Å². The number of nitrogens with one attached hydrogen (secondary N) is 1. The van der Waals surface area contributed by atoms with Crippen molar-refractivity contribution in [1.82, 2.24) is 0 Å². The van der Waals surface area contributed by atoms with Crippen molar-refractivity contribution in [1.29, 1.82) is 0 Å². The summed E-state index contributed by atoms with van der Waals surface area (Å²) in [7, 11) is 0. The van der Waals surface area contributed by atoms with Gasteiger partial charge >= 0.3 is 5.97 Å². The molecule has 0 amide bonds. The van der Waals surface area contributed by atoms with Gasteiger partial charge in [-0.2, -0.15) is 0 Å². The first-order chi connectivity index (χ1) is 6.20. The molecule has 1 atom stereocenters. The summed E-state index contributed by atoms with van der Waals surface area (Å²) in [6, 6.07) is 5.60. The third-order valence-corrected chi connectivity index (χ3v) is 2.86. The molecular formula is C9H8BrNO2. The SMILES string of the molecule is O=C(O)C1CNc2c(Br)cccc21. The van der Waals surface area contributed by atoms with Gasteiger partial charge in [0, 0.05) is 11.0 Å². The van der Waals surface area contributed by atoms with Crippen molar-refractivity contribution in [2.24, 2.45) is 0 Å². The molecule has 1 aromatic carbocycles. The highest BCUT2D eigenvalue weighted by Gasteiger charge is 2.28. The zero-order chi connectivity index (χ0) is 9.42. The Bertz CT molecular complexity index is 365. The first kappa shape index (κ1) is 8.56. The molecule has 0 spiro atoms. The highest BCUT2D eigenvalue weighted by molar-refractivity contribution is 9.10. The number of hydrogen-bond donors (Lipinski definition) is 2. The van der Waals surface area contributed by atoms with Gasteiger partial charge in [0.2, 0.25) is 0 Å². The van der Waals surface area contributed by atoms with Gasteiger partial charge in [-0.1, -0.05) is 12.1 Å². The van der Waals surface area contributed by atoms with E-state index in [0.717, 1.165) is 15.7 Å². The number of rotatable bonds is 1. The van der Waals surface area contributed by atoms with Gasteiger partial charge in [0.15, 0.2) is 0 Å². The summed E-state index contributed by atoms with van der Waals surface area (Å²) in [6.45, 7) is 0.479. The molecule has 0 bridgehead atoms. The molecule has 0 aromatic heterocycles. The van der Waals surface area contributed by atoms with Crippen LogP contribution in [0.4, 0.5) is 5.69 Å². The molecule has 1 heterocycles. The maximum Gasteiger partial charge on any atom is 0.312 e. The molecule has 0 radical (unpaired) electrons. The Morgan fingerprint density at radius 3 is 3.08 bits per heavy atom. The summed E-state index contributed by atoms with van der Waals surface area (Å²) in [5.74, 6) is -1.18. The fraction of sp³-hybridized carbons (Fsp3) is 0.222. The van der Waals surface area contributed by atoms with Gasteiger partial charge < -0.3 is 10.4 Å². The van der Waals surface area contributed by atoms with Crippen molar-refractivity contribution in [3.05, 3.63) is 28.2 Å². The number of hydrogen-bond acceptors (Lipinski definition) is 2. The van der Waals surface area contributed by atoms with Crippen molar-refractivity contribution in [3.63, 3.8) is 0 Å². The summed E-state index contributed by atoms with van der Waals surface area (Å²) in [5, 5.41) is 12.0. The third-order valence-electron chi connectivity index (χ3n) is 2.20. The molecule has 13 heavy (non-hydrogen) atoms. The Kier molecular flexibility index (Phi) is 2.00. The lowest BCUT2D eigenvalue weighted by atomic mass is 10.0. The van der Waals surface area contributed by atoms with Crippen LogP contribution in [0.15, 0.2) is 22.7 Å². The number of carbonyl (C=O) groups is 1. The van der Waals surface area contributed by atoms with Crippen LogP contribution in [0.5, 0.6) is 0 Å². The topological polar surface area (TPSA) is 49.3 Å². The third kappa shape index (κ3) is 1.31. The van der Waals surface area contributed by atoms with Crippen molar-refractivity contribution in [2.45, 2.75) is 5.92 Å². The van der Waals surface area contributed by atoms with Crippen LogP contribution in [0.2, 0.25) is 0 Å². The van der Waals surface area contributed by atoms with Crippen LogP contribution in [0.25, 0.3) is 0 Å². The van der Waals surface area contributed by atoms with E-state index in [1.807, 2.05) is 18.2 Å². The molecule has 1 aliphatic rings. The number of carboxylic acids is 1. The molecule has 1 aliphatic heterocycles. The first-order valence-electron chi connectivity index (χ1n) is 3.95. The summed E-state index contributed by atoms with van der Waals surface area (Å²) >= 11 is 3.37. The van der Waals surface area contributed by atoms with Gasteiger partial charge in [-0.3, -0.25) is 4.79 Å². The highest BCUT2D eigenvalue weighted by Crippen LogP contribution is 2.36. The van der Waals surface area contributed by atoms with Crippen LogP contribution in [0.3, 0.4) is 0 Å². The van der Waals surface area contributed by atoms with E-state index >= 15 is 0 Å². The highest BCUT2D eigenvalue weighted by atomic mass is 79.9. The maximum absolute atomic E-state index is 10.8. The Balaban J connectivity index is 2.49. The Morgan fingerprint density at radius 2 is 2.38 bits per heavy atom. The standard InChI is InChI=1S/C9H8BrNO2/c10-7-3-1-2-5-6(9(12)13)4-11-8(5)7/h1-3,6,11H,4H2,(H,12,13). The fourth-order valence-electron chi connectivity index (χ4n) is 1.55. The van der Waals surface area contributed by atoms with Crippen LogP contribution in [0.1, 0.15) is 11.5 Å². The number of anilines is 1. The van der Waals surface area contributed by atoms with Gasteiger partial charge in [-0.05, 0) is 27.6 Å². The van der Waals surface area contributed by atoms with Crippen LogP contribution < -0.4 is 5.32 Å². The molecule has 0 saturated heterocycles. The largest absolute Gasteiger partial charge is 0.481 e. The number of aliphatic carboxylic acids is 1. The number of para-hydroxylation sites is 1. The van der Waals surface area contributed by atoms with Crippen molar-refractivity contribution in [3.8, 4) is 0 Å². The lowest BCUT2D eigenvalue weighted by Crippen LogP contribution is -2.12. The van der Waals surface area contributed by atoms with E-state index in [9.17, 15) is 4.79 Å². The van der Waals surface area contributed by atoms with Crippen LogP contribution >= 0.6 is 15.9 Å². The summed E-state index contributed by atoms with van der Waals surface area (Å²) in [6.07, 6.45) is 0. The van der Waals surface area contributed by atoms with Gasteiger partial charge in [0.1, 0.15) is 5.92 Å². The second-order valence-electron chi connectivity index (χ2n) is 2.98. The first-order valence-corrected chi connectivity index (χ1v) is 4.74. The Hall–Kier alpha value is -1.03. The zero-order valence-electron chi connectivity index (χ0n) is 6.75. The molecule has 1 unspecified atom stereocenters. The number of fused-ring (bicyclic) bond motifs is 1. The van der Waals surface area contributed by atoms with Gasteiger partial charge in [0.25, 0.3) is 0 Å². The molecule has 68 valence electrons. The minimum atomic E-state index is -0.774. The Morgan fingerprint density at radius 1 is 1.62 bits per heavy atom. The van der Waals surface area contributed by atoms with E-state index in [1.165, 1.54) is 0 Å². The molecule has 3 nitrogen and oxygen atoms in total. The van der Waals surface area contributed by atoms with E-state index < -0.39 is 11.9 Å². The molecule has 0 aliphatic carbocycles. The van der Waals surface area contributed by atoms with Crippen molar-refractivity contribution in [2.75, 3.05) is 11.9 Å². The minimum absolute atomic E-state index is 0.410. The van der Waals surface area contributed by atoms with E-state index in [2.05, 4.69) is 21.2 Å². The quantitative estimate of drug-likeness (QED) is 0.792.